The fourth-order valence-corrected chi connectivity index (χ4v) is 1.94. The summed E-state index contributed by atoms with van der Waals surface area (Å²) < 4.78 is 0. The number of aryl methyl sites for hydroxylation is 2. The molecule has 0 aromatic heterocycles. The van der Waals surface area contributed by atoms with Crippen LogP contribution in [-0.4, -0.2) is 11.0 Å². The number of hydrogen-bond acceptors (Lipinski definition) is 2. The quantitative estimate of drug-likeness (QED) is 0.637. The standard InChI is InChI=1S/C15H22N2OS/c1-4-5-6-7-14(18)17-15(19)16-13-9-8-11(2)12(3)10-13/h8-10H,4-7H2,1-3H3,(H2,16,17,18,19). The highest BCUT2D eigenvalue weighted by atomic mass is 32.1. The summed E-state index contributed by atoms with van der Waals surface area (Å²) in [5, 5.41) is 6.10. The summed E-state index contributed by atoms with van der Waals surface area (Å²) in [6, 6.07) is 6.01. The van der Waals surface area contributed by atoms with Crippen LogP contribution in [0.1, 0.15) is 43.7 Å². The molecule has 104 valence electrons. The van der Waals surface area contributed by atoms with Crippen molar-refractivity contribution >= 4 is 28.9 Å². The van der Waals surface area contributed by atoms with Gasteiger partial charge in [0.1, 0.15) is 0 Å². The van der Waals surface area contributed by atoms with E-state index < -0.39 is 0 Å². The summed E-state index contributed by atoms with van der Waals surface area (Å²) in [4.78, 5) is 11.6. The van der Waals surface area contributed by atoms with E-state index in [1.165, 1.54) is 11.1 Å². The Morgan fingerprint density at radius 2 is 1.95 bits per heavy atom. The maximum absolute atomic E-state index is 11.6. The highest BCUT2D eigenvalue weighted by Gasteiger charge is 2.05. The van der Waals surface area contributed by atoms with Crippen LogP contribution in [0.25, 0.3) is 0 Å². The lowest BCUT2D eigenvalue weighted by Gasteiger charge is -2.10. The molecule has 0 bridgehead atoms. The molecule has 0 saturated heterocycles. The van der Waals surface area contributed by atoms with E-state index in [0.717, 1.165) is 24.9 Å². The fraction of sp³-hybridized carbons (Fsp3) is 0.467. The van der Waals surface area contributed by atoms with Gasteiger partial charge in [0, 0.05) is 12.1 Å². The highest BCUT2D eigenvalue weighted by molar-refractivity contribution is 7.80. The van der Waals surface area contributed by atoms with Crippen LogP contribution in [0.4, 0.5) is 5.69 Å². The first-order chi connectivity index (χ1) is 9.02. The molecule has 0 spiro atoms. The third-order valence-corrected chi connectivity index (χ3v) is 3.23. The Hall–Kier alpha value is -1.42. The number of benzene rings is 1. The molecule has 0 aliphatic rings. The Morgan fingerprint density at radius 3 is 2.58 bits per heavy atom. The van der Waals surface area contributed by atoms with Crippen molar-refractivity contribution in [3.63, 3.8) is 0 Å². The van der Waals surface area contributed by atoms with E-state index in [2.05, 4.69) is 24.5 Å². The van der Waals surface area contributed by atoms with E-state index >= 15 is 0 Å². The second-order valence-electron chi connectivity index (χ2n) is 4.76. The lowest BCUT2D eigenvalue weighted by molar-refractivity contribution is -0.119. The molecule has 0 radical (unpaired) electrons. The summed E-state index contributed by atoms with van der Waals surface area (Å²) >= 11 is 5.12. The fourth-order valence-electron chi connectivity index (χ4n) is 1.71. The van der Waals surface area contributed by atoms with Crippen LogP contribution < -0.4 is 10.6 Å². The number of carbonyl (C=O) groups excluding carboxylic acids is 1. The molecule has 0 unspecified atom stereocenters. The first-order valence-electron chi connectivity index (χ1n) is 6.71. The third kappa shape index (κ3) is 5.83. The molecule has 1 rings (SSSR count). The summed E-state index contributed by atoms with van der Waals surface area (Å²) in [7, 11) is 0. The van der Waals surface area contributed by atoms with E-state index in [-0.39, 0.29) is 5.91 Å². The van der Waals surface area contributed by atoms with Crippen molar-refractivity contribution in [3.05, 3.63) is 29.3 Å². The molecule has 0 atom stereocenters. The van der Waals surface area contributed by atoms with E-state index in [0.29, 0.717) is 11.5 Å². The van der Waals surface area contributed by atoms with Crippen LogP contribution in [0.5, 0.6) is 0 Å². The minimum absolute atomic E-state index is 0.0187. The van der Waals surface area contributed by atoms with Crippen LogP contribution in [0.3, 0.4) is 0 Å². The lowest BCUT2D eigenvalue weighted by atomic mass is 10.1. The maximum Gasteiger partial charge on any atom is 0.226 e. The number of rotatable bonds is 5. The van der Waals surface area contributed by atoms with Gasteiger partial charge in [-0.2, -0.15) is 0 Å². The summed E-state index contributed by atoms with van der Waals surface area (Å²) in [5.41, 5.74) is 3.34. The number of thiocarbonyl (C=S) groups is 1. The van der Waals surface area contributed by atoms with Gasteiger partial charge in [0.05, 0.1) is 0 Å². The molecule has 4 heteroatoms. The Bertz CT molecular complexity index is 457. The van der Waals surface area contributed by atoms with Gasteiger partial charge in [-0.05, 0) is 55.7 Å². The predicted molar refractivity (Wildman–Crippen MR) is 84.4 cm³/mol. The topological polar surface area (TPSA) is 41.1 Å². The zero-order valence-electron chi connectivity index (χ0n) is 11.9. The zero-order chi connectivity index (χ0) is 14.3. The Labute approximate surface area is 120 Å². The third-order valence-electron chi connectivity index (χ3n) is 3.03. The van der Waals surface area contributed by atoms with Crippen LogP contribution in [0, 0.1) is 13.8 Å². The molecule has 0 saturated carbocycles. The molecule has 1 aromatic carbocycles. The lowest BCUT2D eigenvalue weighted by Crippen LogP contribution is -2.33. The van der Waals surface area contributed by atoms with Crippen molar-refractivity contribution < 1.29 is 4.79 Å². The molecule has 0 heterocycles. The van der Waals surface area contributed by atoms with Crippen molar-refractivity contribution in [1.29, 1.82) is 0 Å². The summed E-state index contributed by atoms with van der Waals surface area (Å²) in [6.45, 7) is 6.23. The van der Waals surface area contributed by atoms with E-state index in [4.69, 9.17) is 12.2 Å². The van der Waals surface area contributed by atoms with Gasteiger partial charge >= 0.3 is 0 Å². The number of hydrogen-bond donors (Lipinski definition) is 2. The average Bonchev–Trinajstić information content (AvgIpc) is 2.34. The molecule has 0 aliphatic heterocycles. The minimum Gasteiger partial charge on any atom is -0.332 e. The van der Waals surface area contributed by atoms with E-state index in [1.54, 1.807) is 0 Å². The number of anilines is 1. The monoisotopic (exact) mass is 278 g/mol. The molecule has 1 aromatic rings. The van der Waals surface area contributed by atoms with Gasteiger partial charge in [-0.25, -0.2) is 0 Å². The zero-order valence-corrected chi connectivity index (χ0v) is 12.7. The van der Waals surface area contributed by atoms with E-state index in [9.17, 15) is 4.79 Å². The first-order valence-corrected chi connectivity index (χ1v) is 7.12. The molecule has 1 amide bonds. The van der Waals surface area contributed by atoms with Crippen molar-refractivity contribution in [3.8, 4) is 0 Å². The van der Waals surface area contributed by atoms with Crippen molar-refractivity contribution in [2.45, 2.75) is 46.5 Å². The molecule has 0 fully saturated rings. The van der Waals surface area contributed by atoms with Crippen molar-refractivity contribution in [2.24, 2.45) is 0 Å². The number of nitrogens with one attached hydrogen (secondary N) is 2. The predicted octanol–water partition coefficient (Wildman–Crippen LogP) is 3.70. The SMILES string of the molecule is CCCCCC(=O)NC(=S)Nc1ccc(C)c(C)c1. The highest BCUT2D eigenvalue weighted by Crippen LogP contribution is 2.13. The van der Waals surface area contributed by atoms with Gasteiger partial charge in [-0.15, -0.1) is 0 Å². The second-order valence-corrected chi connectivity index (χ2v) is 5.17. The molecule has 2 N–H and O–H groups in total. The van der Waals surface area contributed by atoms with Crippen LogP contribution >= 0.6 is 12.2 Å². The smallest absolute Gasteiger partial charge is 0.226 e. The van der Waals surface area contributed by atoms with Gasteiger partial charge < -0.3 is 10.6 Å². The van der Waals surface area contributed by atoms with Gasteiger partial charge in [-0.3, -0.25) is 4.79 Å². The average molecular weight is 278 g/mol. The maximum atomic E-state index is 11.6. The second kappa shape index (κ2) is 7.89. The Balaban J connectivity index is 2.42. The van der Waals surface area contributed by atoms with Crippen LogP contribution in [0.2, 0.25) is 0 Å². The van der Waals surface area contributed by atoms with Crippen LogP contribution in [-0.2, 0) is 4.79 Å². The number of carbonyl (C=O) groups is 1. The van der Waals surface area contributed by atoms with Gasteiger partial charge in [0.2, 0.25) is 5.91 Å². The Morgan fingerprint density at radius 1 is 1.21 bits per heavy atom. The molecule has 0 aliphatic carbocycles. The first kappa shape index (κ1) is 15.6. The largest absolute Gasteiger partial charge is 0.332 e. The molecule has 3 nitrogen and oxygen atoms in total. The molecular formula is C15H22N2OS. The minimum atomic E-state index is -0.0187. The summed E-state index contributed by atoms with van der Waals surface area (Å²) in [5.74, 6) is -0.0187. The van der Waals surface area contributed by atoms with Gasteiger partial charge in [-0.1, -0.05) is 25.8 Å². The van der Waals surface area contributed by atoms with Gasteiger partial charge in [0.25, 0.3) is 0 Å². The van der Waals surface area contributed by atoms with E-state index in [1.807, 2.05) is 25.1 Å². The van der Waals surface area contributed by atoms with Gasteiger partial charge in [0.15, 0.2) is 5.11 Å². The molecule has 19 heavy (non-hydrogen) atoms. The van der Waals surface area contributed by atoms with Crippen molar-refractivity contribution in [1.82, 2.24) is 5.32 Å². The number of unbranched alkanes of at least 4 members (excludes halogenated alkanes) is 2. The summed E-state index contributed by atoms with van der Waals surface area (Å²) in [6.07, 6.45) is 3.63. The normalized spacial score (nSPS) is 10.1. The number of amides is 1. The van der Waals surface area contributed by atoms with Crippen LogP contribution in [0.15, 0.2) is 18.2 Å². The van der Waals surface area contributed by atoms with Crippen molar-refractivity contribution in [2.75, 3.05) is 5.32 Å². The molecular weight excluding hydrogens is 256 g/mol. The Kier molecular flexibility index (Phi) is 6.50.